The van der Waals surface area contributed by atoms with E-state index in [4.69, 9.17) is 0 Å². The lowest BCUT2D eigenvalue weighted by Gasteiger charge is -2.19. The van der Waals surface area contributed by atoms with Crippen LogP contribution in [-0.2, 0) is 6.42 Å². The second kappa shape index (κ2) is 10.1. The highest BCUT2D eigenvalue weighted by atomic mass is 16.4. The Morgan fingerprint density at radius 3 is 2.12 bits per heavy atom. The Kier molecular flexibility index (Phi) is 8.51. The Hall–Kier alpha value is -1.84. The van der Waals surface area contributed by atoms with Crippen molar-refractivity contribution >= 4 is 11.9 Å². The normalized spacial score (nSPS) is 12.1. The van der Waals surface area contributed by atoms with E-state index in [1.54, 1.807) is 6.07 Å². The number of hydrogen-bond acceptors (Lipinski definition) is 2. The van der Waals surface area contributed by atoms with Crippen molar-refractivity contribution in [3.05, 3.63) is 34.4 Å². The van der Waals surface area contributed by atoms with Gasteiger partial charge >= 0.3 is 11.9 Å². The van der Waals surface area contributed by atoms with E-state index in [0.717, 1.165) is 31.2 Å². The van der Waals surface area contributed by atoms with Crippen molar-refractivity contribution in [2.75, 3.05) is 0 Å². The zero-order chi connectivity index (χ0) is 18.1. The van der Waals surface area contributed by atoms with E-state index < -0.39 is 11.9 Å². The Labute approximate surface area is 144 Å². The number of rotatable bonds is 11. The molecule has 0 aliphatic carbocycles. The summed E-state index contributed by atoms with van der Waals surface area (Å²) in [4.78, 5) is 23.1. The van der Waals surface area contributed by atoms with E-state index in [-0.39, 0.29) is 17.0 Å². The summed E-state index contributed by atoms with van der Waals surface area (Å²) in [6.07, 6.45) is 8.26. The van der Waals surface area contributed by atoms with Gasteiger partial charge in [0.25, 0.3) is 0 Å². The molecule has 4 heteroatoms. The van der Waals surface area contributed by atoms with Crippen molar-refractivity contribution in [2.24, 2.45) is 0 Å². The van der Waals surface area contributed by atoms with Gasteiger partial charge in [-0.15, -0.1) is 0 Å². The van der Waals surface area contributed by atoms with E-state index in [0.29, 0.717) is 12.0 Å². The van der Waals surface area contributed by atoms with Crippen molar-refractivity contribution in [2.45, 2.75) is 78.1 Å². The average molecular weight is 334 g/mol. The third kappa shape index (κ3) is 5.36. The van der Waals surface area contributed by atoms with Crippen LogP contribution in [0.5, 0.6) is 0 Å². The third-order valence-electron chi connectivity index (χ3n) is 4.72. The van der Waals surface area contributed by atoms with Gasteiger partial charge in [-0.05, 0) is 42.4 Å². The minimum absolute atomic E-state index is 0.0196. The molecule has 134 valence electrons. The van der Waals surface area contributed by atoms with Crippen LogP contribution in [0.3, 0.4) is 0 Å². The lowest BCUT2D eigenvalue weighted by molar-refractivity contribution is 0.0650. The first kappa shape index (κ1) is 20.2. The van der Waals surface area contributed by atoms with E-state index in [2.05, 4.69) is 20.8 Å². The lowest BCUT2D eigenvalue weighted by atomic mass is 9.85. The van der Waals surface area contributed by atoms with E-state index in [1.807, 2.05) is 0 Å². The summed E-state index contributed by atoms with van der Waals surface area (Å²) in [6.45, 7) is 6.30. The van der Waals surface area contributed by atoms with Gasteiger partial charge in [-0.25, -0.2) is 9.59 Å². The van der Waals surface area contributed by atoms with Crippen LogP contribution in [-0.4, -0.2) is 22.2 Å². The molecule has 1 atom stereocenters. The van der Waals surface area contributed by atoms with Gasteiger partial charge in [0, 0.05) is 0 Å². The number of aromatic carboxylic acids is 2. The lowest BCUT2D eigenvalue weighted by Crippen LogP contribution is -2.15. The number of carboxylic acid groups (broad SMARTS) is 2. The molecule has 1 unspecified atom stereocenters. The maximum Gasteiger partial charge on any atom is 0.336 e. The summed E-state index contributed by atoms with van der Waals surface area (Å²) in [5.74, 6) is -2.09. The molecule has 0 aliphatic rings. The number of carbonyl (C=O) groups is 2. The molecule has 0 bridgehead atoms. The Morgan fingerprint density at radius 1 is 0.958 bits per heavy atom. The van der Waals surface area contributed by atoms with Crippen LogP contribution in [0.25, 0.3) is 0 Å². The van der Waals surface area contributed by atoms with Crippen molar-refractivity contribution in [3.8, 4) is 0 Å². The predicted molar refractivity (Wildman–Crippen MR) is 96.1 cm³/mol. The number of carboxylic acids is 2. The molecule has 4 nitrogen and oxygen atoms in total. The molecule has 0 spiro atoms. The molecule has 24 heavy (non-hydrogen) atoms. The van der Waals surface area contributed by atoms with Crippen molar-refractivity contribution < 1.29 is 19.8 Å². The van der Waals surface area contributed by atoms with Crippen LogP contribution in [0.15, 0.2) is 12.1 Å². The molecule has 0 saturated carbocycles. The second-order valence-corrected chi connectivity index (χ2v) is 6.49. The minimum atomic E-state index is -1.17. The standard InChI is InChI=1S/C20H30O4/c1-4-6-7-8-9-10-11-16-15(14(3)5-2)12-13-17(19(21)22)18(16)20(23)24/h12-14H,4-11H2,1-3H3,(H,21,22)(H,23,24). The molecule has 0 aromatic heterocycles. The van der Waals surface area contributed by atoms with Crippen molar-refractivity contribution in [1.29, 1.82) is 0 Å². The third-order valence-corrected chi connectivity index (χ3v) is 4.72. The fraction of sp³-hybridized carbons (Fsp3) is 0.600. The SMILES string of the molecule is CCCCCCCCc1c(C(C)CC)ccc(C(=O)O)c1C(=O)O. The van der Waals surface area contributed by atoms with Crippen molar-refractivity contribution in [3.63, 3.8) is 0 Å². The van der Waals surface area contributed by atoms with Gasteiger partial charge in [-0.2, -0.15) is 0 Å². The van der Waals surface area contributed by atoms with Gasteiger partial charge in [-0.1, -0.05) is 58.9 Å². The van der Waals surface area contributed by atoms with Crippen LogP contribution < -0.4 is 0 Å². The van der Waals surface area contributed by atoms with E-state index in [1.165, 1.54) is 25.3 Å². The monoisotopic (exact) mass is 334 g/mol. The largest absolute Gasteiger partial charge is 0.478 e. The maximum absolute atomic E-state index is 11.7. The zero-order valence-electron chi connectivity index (χ0n) is 15.1. The van der Waals surface area contributed by atoms with Gasteiger partial charge in [0.15, 0.2) is 0 Å². The molecule has 1 rings (SSSR count). The first-order valence-corrected chi connectivity index (χ1v) is 9.06. The predicted octanol–water partition coefficient (Wildman–Crippen LogP) is 5.50. The fourth-order valence-electron chi connectivity index (χ4n) is 3.12. The molecule has 2 N–H and O–H groups in total. The van der Waals surface area contributed by atoms with Crippen molar-refractivity contribution in [1.82, 2.24) is 0 Å². The molecular weight excluding hydrogens is 304 g/mol. The smallest absolute Gasteiger partial charge is 0.336 e. The van der Waals surface area contributed by atoms with Gasteiger partial charge in [0.1, 0.15) is 0 Å². The van der Waals surface area contributed by atoms with Crippen LogP contribution in [0, 0.1) is 0 Å². The highest BCUT2D eigenvalue weighted by Crippen LogP contribution is 2.29. The van der Waals surface area contributed by atoms with Crippen LogP contribution >= 0.6 is 0 Å². The number of unbranched alkanes of at least 4 members (excludes halogenated alkanes) is 5. The summed E-state index contributed by atoms with van der Waals surface area (Å²) in [5.41, 5.74) is 1.57. The summed E-state index contributed by atoms with van der Waals surface area (Å²) in [6, 6.07) is 3.24. The van der Waals surface area contributed by atoms with Gasteiger partial charge in [0.05, 0.1) is 11.1 Å². The Bertz CT molecular complexity index is 563. The highest BCUT2D eigenvalue weighted by molar-refractivity contribution is 6.03. The summed E-state index contributed by atoms with van der Waals surface area (Å²) in [5, 5.41) is 18.9. The molecule has 0 amide bonds. The van der Waals surface area contributed by atoms with Crippen LogP contribution in [0.1, 0.15) is 103 Å². The molecule has 1 aromatic rings. The molecule has 0 aliphatic heterocycles. The molecule has 0 fully saturated rings. The molecular formula is C20H30O4. The first-order chi connectivity index (χ1) is 11.4. The topological polar surface area (TPSA) is 74.6 Å². The number of benzene rings is 1. The highest BCUT2D eigenvalue weighted by Gasteiger charge is 2.24. The molecule has 0 radical (unpaired) electrons. The summed E-state index contributed by atoms with van der Waals surface area (Å²) in [7, 11) is 0. The first-order valence-electron chi connectivity index (χ1n) is 9.06. The number of hydrogen-bond donors (Lipinski definition) is 2. The van der Waals surface area contributed by atoms with Crippen LogP contribution in [0.2, 0.25) is 0 Å². The maximum atomic E-state index is 11.7. The van der Waals surface area contributed by atoms with E-state index >= 15 is 0 Å². The zero-order valence-corrected chi connectivity index (χ0v) is 15.1. The second-order valence-electron chi connectivity index (χ2n) is 6.49. The minimum Gasteiger partial charge on any atom is -0.478 e. The van der Waals surface area contributed by atoms with Crippen LogP contribution in [0.4, 0.5) is 0 Å². The Morgan fingerprint density at radius 2 is 1.58 bits per heavy atom. The van der Waals surface area contributed by atoms with Gasteiger partial charge < -0.3 is 10.2 Å². The molecule has 0 saturated heterocycles. The molecule has 0 heterocycles. The molecule has 1 aromatic carbocycles. The van der Waals surface area contributed by atoms with Gasteiger partial charge in [-0.3, -0.25) is 0 Å². The summed E-state index contributed by atoms with van der Waals surface area (Å²) >= 11 is 0. The van der Waals surface area contributed by atoms with E-state index in [9.17, 15) is 19.8 Å². The fourth-order valence-corrected chi connectivity index (χ4v) is 3.12. The van der Waals surface area contributed by atoms with Gasteiger partial charge in [0.2, 0.25) is 0 Å². The Balaban J connectivity index is 3.08. The summed E-state index contributed by atoms with van der Waals surface area (Å²) < 4.78 is 0. The quantitative estimate of drug-likeness (QED) is 0.524. The average Bonchev–Trinajstić information content (AvgIpc) is 2.56.